The number of allylic oxidation sites excluding steroid dienone is 2. The van der Waals surface area contributed by atoms with E-state index in [2.05, 4.69) is 22.9 Å². The van der Waals surface area contributed by atoms with Crippen LogP contribution in [0.5, 0.6) is 0 Å². The molecule has 8 heteroatoms. The largest absolute Gasteiger partial charge is 0.458 e. The Morgan fingerprint density at radius 1 is 1.15 bits per heavy atom. The van der Waals surface area contributed by atoms with Crippen molar-refractivity contribution in [2.45, 2.75) is 33.1 Å². The Morgan fingerprint density at radius 3 is 2.50 bits per heavy atom. The van der Waals surface area contributed by atoms with Gasteiger partial charge in [-0.05, 0) is 50.0 Å². The quantitative estimate of drug-likeness (QED) is 0.365. The van der Waals surface area contributed by atoms with Crippen LogP contribution < -0.4 is 0 Å². The van der Waals surface area contributed by atoms with Gasteiger partial charge in [-0.25, -0.2) is 13.6 Å². The Balaban J connectivity index is 0.000000337. The molecule has 1 fully saturated rings. The standard InChI is InChI=1S/C15H24N2O2.C9H5F2NO.C2H6/c1-16-9-11-17(12-10-16)8-7-14-4-2-6-15(18)19-13-3-5-14;10-8-4-7(5-12)9(11)3-6(8)1-2-13;1-2/h2-3,5-6,14H,4,7-13H2,1H3;2-4H,1H2;1-2H3/b5-3+,6-2+;;. The van der Waals surface area contributed by atoms with Crippen LogP contribution in [0.15, 0.2) is 36.4 Å². The van der Waals surface area contributed by atoms with Gasteiger partial charge in [-0.15, -0.1) is 0 Å². The normalized spacial score (nSPS) is 20.5. The summed E-state index contributed by atoms with van der Waals surface area (Å²) >= 11 is 0. The summed E-state index contributed by atoms with van der Waals surface area (Å²) in [6, 6.07) is 3.15. The third-order valence-electron chi connectivity index (χ3n) is 5.39. The number of likely N-dealkylation sites (N-methyl/N-ethyl adjacent to an activating group) is 1. The minimum Gasteiger partial charge on any atom is -0.458 e. The van der Waals surface area contributed by atoms with E-state index in [-0.39, 0.29) is 23.5 Å². The predicted octanol–water partition coefficient (Wildman–Crippen LogP) is 3.90. The highest BCUT2D eigenvalue weighted by Gasteiger charge is 2.15. The highest BCUT2D eigenvalue weighted by atomic mass is 19.1. The van der Waals surface area contributed by atoms with Crippen molar-refractivity contribution in [3.8, 4) is 6.07 Å². The SMILES string of the molecule is CC.CN1CCN(CCC2/C=C/COC(=O)/C=C/C2)CC1.N#Cc1cc(F)c(CC=O)cc1F. The van der Waals surface area contributed by atoms with Crippen molar-refractivity contribution in [2.75, 3.05) is 46.4 Å². The molecule has 2 aliphatic heterocycles. The lowest BCUT2D eigenvalue weighted by Gasteiger charge is -2.32. The average Bonchev–Trinajstić information content (AvgIpc) is 2.94. The first kappa shape index (κ1) is 29.1. The predicted molar refractivity (Wildman–Crippen MR) is 128 cm³/mol. The van der Waals surface area contributed by atoms with E-state index in [4.69, 9.17) is 10.00 Å². The molecule has 0 saturated carbocycles. The van der Waals surface area contributed by atoms with E-state index in [1.165, 1.54) is 32.2 Å². The number of halogens is 2. The number of benzene rings is 1. The summed E-state index contributed by atoms with van der Waals surface area (Å²) in [4.78, 5) is 26.1. The molecule has 3 rings (SSSR count). The lowest BCUT2D eigenvalue weighted by molar-refractivity contribution is -0.136. The molecule has 1 aromatic rings. The molecule has 2 aliphatic rings. The fraction of sp³-hybridized carbons (Fsp3) is 0.500. The molecule has 1 aromatic carbocycles. The van der Waals surface area contributed by atoms with Crippen LogP contribution >= 0.6 is 0 Å². The van der Waals surface area contributed by atoms with Crippen molar-refractivity contribution in [1.82, 2.24) is 9.80 Å². The van der Waals surface area contributed by atoms with E-state index in [0.717, 1.165) is 31.5 Å². The smallest absolute Gasteiger partial charge is 0.330 e. The molecule has 0 amide bonds. The van der Waals surface area contributed by atoms with Crippen molar-refractivity contribution in [3.63, 3.8) is 0 Å². The monoisotopic (exact) mass is 475 g/mol. The van der Waals surface area contributed by atoms with Gasteiger partial charge in [-0.1, -0.05) is 32.1 Å². The molecule has 0 aromatic heterocycles. The zero-order chi connectivity index (χ0) is 25.3. The summed E-state index contributed by atoms with van der Waals surface area (Å²) in [6.07, 6.45) is 10.0. The first-order valence-corrected chi connectivity index (χ1v) is 11.7. The van der Waals surface area contributed by atoms with Crippen LogP contribution in [0.2, 0.25) is 0 Å². The van der Waals surface area contributed by atoms with Gasteiger partial charge < -0.3 is 19.3 Å². The summed E-state index contributed by atoms with van der Waals surface area (Å²) in [5.74, 6) is -1.25. The average molecular weight is 476 g/mol. The van der Waals surface area contributed by atoms with E-state index in [9.17, 15) is 18.4 Å². The molecule has 6 nitrogen and oxygen atoms in total. The van der Waals surface area contributed by atoms with E-state index in [1.54, 1.807) is 6.08 Å². The Hall–Kier alpha value is -2.89. The number of ether oxygens (including phenoxy) is 1. The molecule has 1 unspecified atom stereocenters. The number of hydrogen-bond donors (Lipinski definition) is 0. The molecule has 0 N–H and O–H groups in total. The molecular formula is C26H35F2N3O3. The van der Waals surface area contributed by atoms with Crippen LogP contribution in [-0.4, -0.2) is 68.4 Å². The molecule has 2 heterocycles. The zero-order valence-electron chi connectivity index (χ0n) is 20.3. The summed E-state index contributed by atoms with van der Waals surface area (Å²) in [6.45, 7) is 10.2. The third kappa shape index (κ3) is 10.8. The fourth-order valence-corrected chi connectivity index (χ4v) is 3.40. The molecule has 1 saturated heterocycles. The molecule has 34 heavy (non-hydrogen) atoms. The van der Waals surface area contributed by atoms with Crippen molar-refractivity contribution in [3.05, 3.63) is 59.2 Å². The summed E-state index contributed by atoms with van der Waals surface area (Å²) < 4.78 is 30.8. The summed E-state index contributed by atoms with van der Waals surface area (Å²) in [7, 11) is 2.18. The second-order valence-electron chi connectivity index (χ2n) is 7.80. The molecular weight excluding hydrogens is 440 g/mol. The third-order valence-corrected chi connectivity index (χ3v) is 5.39. The number of nitrogens with zero attached hydrogens (tertiary/aromatic N) is 3. The maximum atomic E-state index is 12.9. The van der Waals surface area contributed by atoms with Gasteiger partial charge in [0, 0.05) is 38.7 Å². The van der Waals surface area contributed by atoms with Crippen LogP contribution in [0, 0.1) is 28.9 Å². The lowest BCUT2D eigenvalue weighted by Crippen LogP contribution is -2.44. The van der Waals surface area contributed by atoms with E-state index < -0.39 is 11.6 Å². The van der Waals surface area contributed by atoms with Crippen LogP contribution in [0.25, 0.3) is 0 Å². The van der Waals surface area contributed by atoms with Gasteiger partial charge in [0.15, 0.2) is 0 Å². The molecule has 1 atom stereocenters. The Morgan fingerprint density at radius 2 is 1.85 bits per heavy atom. The number of nitriles is 1. The van der Waals surface area contributed by atoms with Crippen LogP contribution in [0.4, 0.5) is 8.78 Å². The number of esters is 1. The summed E-state index contributed by atoms with van der Waals surface area (Å²) in [5.41, 5.74) is -0.390. The van der Waals surface area contributed by atoms with Crippen LogP contribution in [-0.2, 0) is 20.7 Å². The first-order chi connectivity index (χ1) is 16.4. The van der Waals surface area contributed by atoms with Gasteiger partial charge in [0.2, 0.25) is 0 Å². The number of carbonyl (C=O) groups is 2. The van der Waals surface area contributed by atoms with Crippen LogP contribution in [0.3, 0.4) is 0 Å². The van der Waals surface area contributed by atoms with Crippen molar-refractivity contribution in [2.24, 2.45) is 5.92 Å². The number of piperazine rings is 1. The highest BCUT2D eigenvalue weighted by Crippen LogP contribution is 2.15. The van der Waals surface area contributed by atoms with E-state index in [1.807, 2.05) is 26.0 Å². The zero-order valence-corrected chi connectivity index (χ0v) is 20.3. The molecule has 186 valence electrons. The van der Waals surface area contributed by atoms with E-state index in [0.29, 0.717) is 18.8 Å². The van der Waals surface area contributed by atoms with Gasteiger partial charge in [0.1, 0.15) is 30.6 Å². The Bertz CT molecular complexity index is 873. The summed E-state index contributed by atoms with van der Waals surface area (Å²) in [5, 5.41) is 8.34. The van der Waals surface area contributed by atoms with Gasteiger partial charge in [0.25, 0.3) is 0 Å². The molecule has 0 bridgehead atoms. The highest BCUT2D eigenvalue weighted by molar-refractivity contribution is 5.81. The Labute approximate surface area is 201 Å². The molecule has 0 radical (unpaired) electrons. The first-order valence-electron chi connectivity index (χ1n) is 11.7. The van der Waals surface area contributed by atoms with Gasteiger partial charge >= 0.3 is 5.97 Å². The second kappa shape index (κ2) is 16.7. The number of aldehydes is 1. The maximum Gasteiger partial charge on any atom is 0.330 e. The number of rotatable bonds is 5. The maximum absolute atomic E-state index is 12.9. The van der Waals surface area contributed by atoms with E-state index >= 15 is 0 Å². The second-order valence-corrected chi connectivity index (χ2v) is 7.80. The topological polar surface area (TPSA) is 73.6 Å². The lowest BCUT2D eigenvalue weighted by atomic mass is 10.00. The Kier molecular flexibility index (Phi) is 14.3. The fourth-order valence-electron chi connectivity index (χ4n) is 3.40. The number of hydrogen-bond acceptors (Lipinski definition) is 6. The number of cyclic esters (lactones) is 1. The van der Waals surface area contributed by atoms with Gasteiger partial charge in [-0.2, -0.15) is 5.26 Å². The minimum atomic E-state index is -0.805. The van der Waals surface area contributed by atoms with Gasteiger partial charge in [-0.3, -0.25) is 0 Å². The molecule has 0 aliphatic carbocycles. The van der Waals surface area contributed by atoms with Crippen molar-refractivity contribution in [1.29, 1.82) is 5.26 Å². The van der Waals surface area contributed by atoms with Gasteiger partial charge in [0.05, 0.1) is 5.56 Å². The molecule has 0 spiro atoms. The van der Waals surface area contributed by atoms with Crippen molar-refractivity contribution >= 4 is 12.3 Å². The van der Waals surface area contributed by atoms with Crippen LogP contribution in [0.1, 0.15) is 37.8 Å². The van der Waals surface area contributed by atoms with Crippen molar-refractivity contribution < 1.29 is 23.1 Å². The minimum absolute atomic E-state index is 0.0356. The number of carbonyl (C=O) groups excluding carboxylic acids is 2.